The van der Waals surface area contributed by atoms with E-state index in [9.17, 15) is 9.90 Å². The standard InChI is InChI=1S/C29H42N8O2S/c1-18(30)4-3-12-36-17-23(38)15-26(36)25-14-20-16-37(29(39)35-27(20)34-25)22-9-7-19(8-10-22)24-6-2-5-21(33-24)11-13-40-28(31)32/h7-10,14,16,18,21,23-24,26,33,38H,2-6,11-13,15,17,30H2,1H3,(H3,31,32)(H,34,35,39)/t18-,21+,23+,24+,26+/m1/s1. The van der Waals surface area contributed by atoms with Crippen molar-refractivity contribution in [3.05, 3.63) is 58.3 Å². The number of aromatic nitrogens is 3. The summed E-state index contributed by atoms with van der Waals surface area (Å²) < 4.78 is 1.60. The number of amidine groups is 1. The second-order valence-electron chi connectivity index (χ2n) is 11.4. The number of fused-ring (bicyclic) bond motifs is 1. The summed E-state index contributed by atoms with van der Waals surface area (Å²) in [6.45, 7) is 3.53. The first-order valence-electron chi connectivity index (χ1n) is 14.4. The van der Waals surface area contributed by atoms with Gasteiger partial charge in [0.25, 0.3) is 0 Å². The Morgan fingerprint density at radius 1 is 1.30 bits per heavy atom. The topological polar surface area (TPSA) is 162 Å². The average Bonchev–Trinajstić information content (AvgIpc) is 3.50. The molecule has 0 bridgehead atoms. The zero-order valence-corrected chi connectivity index (χ0v) is 24.0. The number of hydrogen-bond acceptors (Lipinski definition) is 8. The first kappa shape index (κ1) is 28.8. The van der Waals surface area contributed by atoms with Crippen LogP contribution in [0.15, 0.2) is 41.3 Å². The molecule has 0 saturated carbocycles. The van der Waals surface area contributed by atoms with Gasteiger partial charge in [-0.25, -0.2) is 4.79 Å². The van der Waals surface area contributed by atoms with Gasteiger partial charge in [0.15, 0.2) is 5.17 Å². The number of hydrogen-bond donors (Lipinski definition) is 6. The van der Waals surface area contributed by atoms with Crippen molar-refractivity contribution in [3.8, 4) is 5.69 Å². The second-order valence-corrected chi connectivity index (χ2v) is 12.5. The van der Waals surface area contributed by atoms with Crippen LogP contribution in [0.4, 0.5) is 0 Å². The molecule has 0 aliphatic carbocycles. The first-order chi connectivity index (χ1) is 19.3. The van der Waals surface area contributed by atoms with E-state index in [2.05, 4.69) is 38.4 Å². The molecule has 4 heterocycles. The number of aliphatic hydroxyl groups is 1. The van der Waals surface area contributed by atoms with Gasteiger partial charge in [0.05, 0.1) is 17.8 Å². The molecule has 40 heavy (non-hydrogen) atoms. The molecule has 2 fully saturated rings. The van der Waals surface area contributed by atoms with E-state index in [1.807, 2.05) is 25.3 Å². The van der Waals surface area contributed by atoms with E-state index in [0.717, 1.165) is 67.6 Å². The number of nitrogens with one attached hydrogen (secondary N) is 3. The summed E-state index contributed by atoms with van der Waals surface area (Å²) in [6.07, 6.45) is 8.43. The predicted molar refractivity (Wildman–Crippen MR) is 162 cm³/mol. The lowest BCUT2D eigenvalue weighted by Gasteiger charge is -2.31. The third kappa shape index (κ3) is 6.95. The first-order valence-corrected chi connectivity index (χ1v) is 15.4. The number of thioether (sulfide) groups is 1. The van der Waals surface area contributed by atoms with Gasteiger partial charge in [-0.1, -0.05) is 30.3 Å². The molecule has 0 amide bonds. The largest absolute Gasteiger partial charge is 0.392 e. The summed E-state index contributed by atoms with van der Waals surface area (Å²) in [6, 6.07) is 11.2. The summed E-state index contributed by atoms with van der Waals surface area (Å²) in [7, 11) is 0. The number of piperidine rings is 1. The molecule has 10 nitrogen and oxygen atoms in total. The van der Waals surface area contributed by atoms with Crippen molar-refractivity contribution in [3.63, 3.8) is 0 Å². The smallest absolute Gasteiger partial charge is 0.354 e. The second kappa shape index (κ2) is 12.9. The van der Waals surface area contributed by atoms with Crippen LogP contribution in [0, 0.1) is 5.41 Å². The van der Waals surface area contributed by atoms with E-state index in [0.29, 0.717) is 24.7 Å². The van der Waals surface area contributed by atoms with Crippen molar-refractivity contribution in [1.29, 1.82) is 5.41 Å². The Morgan fingerprint density at radius 2 is 2.10 bits per heavy atom. The number of likely N-dealkylation sites (tertiary alicyclic amines) is 1. The van der Waals surface area contributed by atoms with Crippen LogP contribution in [0.25, 0.3) is 16.7 Å². The van der Waals surface area contributed by atoms with E-state index in [-0.39, 0.29) is 35.1 Å². The number of nitrogens with zero attached hydrogens (tertiary/aromatic N) is 3. The molecule has 5 rings (SSSR count). The Bertz CT molecular complexity index is 1350. The van der Waals surface area contributed by atoms with E-state index < -0.39 is 0 Å². The van der Waals surface area contributed by atoms with E-state index in [1.54, 1.807) is 4.57 Å². The summed E-state index contributed by atoms with van der Waals surface area (Å²) >= 11 is 1.40. The van der Waals surface area contributed by atoms with Crippen LogP contribution >= 0.6 is 11.8 Å². The third-order valence-electron chi connectivity index (χ3n) is 8.15. The summed E-state index contributed by atoms with van der Waals surface area (Å²) in [4.78, 5) is 23.0. The van der Waals surface area contributed by atoms with Crippen LogP contribution in [0.5, 0.6) is 0 Å². The highest BCUT2D eigenvalue weighted by Crippen LogP contribution is 2.33. The quantitative estimate of drug-likeness (QED) is 0.161. The molecule has 1 aromatic carbocycles. The van der Waals surface area contributed by atoms with Gasteiger partial charge in [0.1, 0.15) is 5.65 Å². The summed E-state index contributed by atoms with van der Waals surface area (Å²) in [5.41, 5.74) is 14.6. The van der Waals surface area contributed by atoms with Crippen molar-refractivity contribution in [1.82, 2.24) is 24.8 Å². The Labute approximate surface area is 239 Å². The number of β-amino-alcohol motifs (C(OH)–C–C–N with tert-alkyl or cyclic N) is 1. The van der Waals surface area contributed by atoms with Crippen molar-refractivity contribution in [2.24, 2.45) is 11.5 Å². The maximum atomic E-state index is 13.0. The normalized spacial score (nSPS) is 24.5. The monoisotopic (exact) mass is 566 g/mol. The molecule has 216 valence electrons. The van der Waals surface area contributed by atoms with Crippen molar-refractivity contribution < 1.29 is 5.11 Å². The van der Waals surface area contributed by atoms with Crippen LogP contribution in [-0.4, -0.2) is 66.7 Å². The van der Waals surface area contributed by atoms with Crippen molar-refractivity contribution in [2.75, 3.05) is 18.8 Å². The van der Waals surface area contributed by atoms with Gasteiger partial charge in [-0.15, -0.1) is 0 Å². The lowest BCUT2D eigenvalue weighted by atomic mass is 9.92. The highest BCUT2D eigenvalue weighted by molar-refractivity contribution is 8.13. The lowest BCUT2D eigenvalue weighted by Crippen LogP contribution is -2.37. The zero-order chi connectivity index (χ0) is 28.2. The molecule has 2 aliphatic heterocycles. The molecule has 11 heteroatoms. The molecular weight excluding hydrogens is 524 g/mol. The number of rotatable bonds is 10. The average molecular weight is 567 g/mol. The maximum absolute atomic E-state index is 13.0. The van der Waals surface area contributed by atoms with Crippen LogP contribution in [-0.2, 0) is 0 Å². The third-order valence-corrected chi connectivity index (χ3v) is 8.90. The SMILES string of the molecule is C[C@@H](N)CCCN1C[C@@H](O)C[C@H]1c1cc2cn(-c3ccc([C@@H]4CCC[C@@H](CCSC(=N)N)N4)cc3)c(=O)nc2[nH]1. The van der Waals surface area contributed by atoms with Gasteiger partial charge >= 0.3 is 5.69 Å². The minimum atomic E-state index is -0.369. The Balaban J connectivity index is 1.29. The van der Waals surface area contributed by atoms with Crippen LogP contribution in [0.3, 0.4) is 0 Å². The highest BCUT2D eigenvalue weighted by Gasteiger charge is 2.33. The van der Waals surface area contributed by atoms with Gasteiger partial charge in [0.2, 0.25) is 0 Å². The van der Waals surface area contributed by atoms with Crippen LogP contribution in [0.2, 0.25) is 0 Å². The van der Waals surface area contributed by atoms with Gasteiger partial charge < -0.3 is 26.9 Å². The summed E-state index contributed by atoms with van der Waals surface area (Å²) in [5, 5.41) is 22.6. The fourth-order valence-corrected chi connectivity index (χ4v) is 6.76. The molecule has 8 N–H and O–H groups in total. The van der Waals surface area contributed by atoms with E-state index in [1.165, 1.54) is 17.3 Å². The van der Waals surface area contributed by atoms with Crippen molar-refractivity contribution in [2.45, 2.75) is 82.1 Å². The molecule has 2 aliphatic rings. The number of benzene rings is 1. The summed E-state index contributed by atoms with van der Waals surface area (Å²) in [5.74, 6) is 0.852. The molecular formula is C29H42N8O2S. The number of aromatic amines is 1. The lowest BCUT2D eigenvalue weighted by molar-refractivity contribution is 0.174. The van der Waals surface area contributed by atoms with Gasteiger partial charge in [-0.2, -0.15) is 4.98 Å². The van der Waals surface area contributed by atoms with E-state index in [4.69, 9.17) is 16.9 Å². The van der Waals surface area contributed by atoms with E-state index >= 15 is 0 Å². The Kier molecular flexibility index (Phi) is 9.27. The molecule has 0 unspecified atom stereocenters. The Hall–Kier alpha value is -2.70. The van der Waals surface area contributed by atoms with Gasteiger partial charge in [-0.05, 0) is 75.8 Å². The number of aliphatic hydroxyl groups excluding tert-OH is 1. The predicted octanol–water partition coefficient (Wildman–Crippen LogP) is 3.15. The molecule has 2 aromatic heterocycles. The van der Waals surface area contributed by atoms with Crippen LogP contribution in [0.1, 0.15) is 75.2 Å². The minimum Gasteiger partial charge on any atom is -0.392 e. The number of nitrogens with two attached hydrogens (primary N) is 2. The molecule has 3 aromatic rings. The fourth-order valence-electron chi connectivity index (χ4n) is 6.13. The molecule has 5 atom stereocenters. The Morgan fingerprint density at radius 3 is 2.85 bits per heavy atom. The molecule has 2 saturated heterocycles. The highest BCUT2D eigenvalue weighted by atomic mass is 32.2. The maximum Gasteiger partial charge on any atom is 0.354 e. The number of H-pyrrole nitrogens is 1. The zero-order valence-electron chi connectivity index (χ0n) is 23.2. The van der Waals surface area contributed by atoms with Gasteiger partial charge in [0, 0.05) is 47.7 Å². The van der Waals surface area contributed by atoms with Gasteiger partial charge in [-0.3, -0.25) is 14.9 Å². The molecule has 0 spiro atoms. The minimum absolute atomic E-state index is 0.0630. The van der Waals surface area contributed by atoms with Crippen molar-refractivity contribution >= 4 is 28.0 Å². The molecule has 0 radical (unpaired) electrons. The fraction of sp³-hybridized carbons (Fsp3) is 0.552. The van der Waals surface area contributed by atoms with Crippen LogP contribution < -0.4 is 22.5 Å².